The van der Waals surface area contributed by atoms with Crippen LogP contribution in [0.5, 0.6) is 0 Å². The number of piperidine rings is 1. The number of rotatable bonds is 1. The molecule has 1 aromatic heterocycles. The highest BCUT2D eigenvalue weighted by atomic mass is 16.5. The molecule has 2 saturated heterocycles. The van der Waals surface area contributed by atoms with E-state index >= 15 is 0 Å². The number of nitrogens with zero attached hydrogens (tertiary/aromatic N) is 3. The number of nitrogen functional groups attached to an aromatic ring is 1. The van der Waals surface area contributed by atoms with Crippen molar-refractivity contribution in [3.05, 3.63) is 12.4 Å². The molecule has 3 rings (SSSR count). The van der Waals surface area contributed by atoms with Crippen LogP contribution in [0, 0.1) is 5.41 Å². The molecule has 0 saturated carbocycles. The van der Waals surface area contributed by atoms with Crippen LogP contribution >= 0.6 is 0 Å². The summed E-state index contributed by atoms with van der Waals surface area (Å²) in [6.07, 6.45) is 8.27. The highest BCUT2D eigenvalue weighted by Gasteiger charge is 2.37. The van der Waals surface area contributed by atoms with Crippen molar-refractivity contribution in [2.45, 2.75) is 25.7 Å². The van der Waals surface area contributed by atoms with E-state index in [1.165, 1.54) is 25.7 Å². The van der Waals surface area contributed by atoms with Gasteiger partial charge in [0.1, 0.15) is 11.6 Å². The molecule has 3 heterocycles. The van der Waals surface area contributed by atoms with Crippen molar-refractivity contribution >= 4 is 11.6 Å². The number of ether oxygens (including phenoxy) is 1. The van der Waals surface area contributed by atoms with Crippen LogP contribution in [-0.4, -0.2) is 36.3 Å². The smallest absolute Gasteiger partial charge is 0.149 e. The van der Waals surface area contributed by atoms with Crippen molar-refractivity contribution < 1.29 is 4.74 Å². The number of aromatic nitrogens is 2. The minimum absolute atomic E-state index is 0.419. The van der Waals surface area contributed by atoms with Gasteiger partial charge in [0.15, 0.2) is 0 Å². The summed E-state index contributed by atoms with van der Waals surface area (Å²) in [5.74, 6) is 1.42. The molecule has 5 nitrogen and oxygen atoms in total. The van der Waals surface area contributed by atoms with Crippen molar-refractivity contribution in [2.24, 2.45) is 5.41 Å². The maximum atomic E-state index is 5.71. The van der Waals surface area contributed by atoms with Gasteiger partial charge in [-0.1, -0.05) is 0 Å². The Balaban J connectivity index is 1.77. The largest absolute Gasteiger partial charge is 0.382 e. The van der Waals surface area contributed by atoms with Gasteiger partial charge in [-0.15, -0.1) is 0 Å². The molecule has 0 atom stereocenters. The van der Waals surface area contributed by atoms with E-state index in [1.54, 1.807) is 6.20 Å². The van der Waals surface area contributed by atoms with Gasteiger partial charge in [0, 0.05) is 26.3 Å². The molecule has 2 aliphatic heterocycles. The first-order valence-electron chi connectivity index (χ1n) is 6.68. The number of anilines is 2. The Kier molecular flexibility index (Phi) is 3.07. The monoisotopic (exact) mass is 248 g/mol. The van der Waals surface area contributed by atoms with Crippen LogP contribution < -0.4 is 10.6 Å². The predicted octanol–water partition coefficient (Wildman–Crippen LogP) is 1.46. The molecule has 0 radical (unpaired) electrons. The van der Waals surface area contributed by atoms with E-state index in [-0.39, 0.29) is 0 Å². The quantitative estimate of drug-likeness (QED) is 0.815. The highest BCUT2D eigenvalue weighted by Crippen LogP contribution is 2.40. The lowest BCUT2D eigenvalue weighted by Crippen LogP contribution is -2.46. The van der Waals surface area contributed by atoms with Crippen LogP contribution in [0.4, 0.5) is 11.6 Å². The van der Waals surface area contributed by atoms with E-state index in [0.717, 1.165) is 32.1 Å². The summed E-state index contributed by atoms with van der Waals surface area (Å²) < 4.78 is 5.49. The van der Waals surface area contributed by atoms with Crippen LogP contribution in [0.1, 0.15) is 25.7 Å². The molecule has 98 valence electrons. The number of hydrogen-bond donors (Lipinski definition) is 1. The van der Waals surface area contributed by atoms with Gasteiger partial charge in [0.25, 0.3) is 0 Å². The number of hydrogen-bond acceptors (Lipinski definition) is 5. The zero-order chi connectivity index (χ0) is 12.4. The summed E-state index contributed by atoms with van der Waals surface area (Å²) in [6, 6.07) is 0. The average Bonchev–Trinajstić information content (AvgIpc) is 2.40. The lowest BCUT2D eigenvalue weighted by atomic mass is 9.74. The Bertz CT molecular complexity index is 412. The molecule has 0 aliphatic carbocycles. The Labute approximate surface area is 107 Å². The van der Waals surface area contributed by atoms with Gasteiger partial charge in [-0.3, -0.25) is 4.98 Å². The number of nitrogens with two attached hydrogens (primary N) is 1. The van der Waals surface area contributed by atoms with E-state index in [0.29, 0.717) is 11.2 Å². The summed E-state index contributed by atoms with van der Waals surface area (Å²) in [7, 11) is 0. The van der Waals surface area contributed by atoms with Crippen LogP contribution in [0.15, 0.2) is 12.4 Å². The van der Waals surface area contributed by atoms with E-state index in [4.69, 9.17) is 10.5 Å². The highest BCUT2D eigenvalue weighted by molar-refractivity contribution is 5.42. The Morgan fingerprint density at radius 2 is 2.06 bits per heavy atom. The summed E-state index contributed by atoms with van der Waals surface area (Å²) >= 11 is 0. The van der Waals surface area contributed by atoms with Gasteiger partial charge in [0.05, 0.1) is 12.4 Å². The Morgan fingerprint density at radius 3 is 2.83 bits per heavy atom. The lowest BCUT2D eigenvalue weighted by molar-refractivity contribution is 0.00746. The van der Waals surface area contributed by atoms with E-state index < -0.39 is 0 Å². The fourth-order valence-electron chi connectivity index (χ4n) is 3.14. The minimum atomic E-state index is 0.419. The summed E-state index contributed by atoms with van der Waals surface area (Å²) in [5.41, 5.74) is 6.13. The summed E-state index contributed by atoms with van der Waals surface area (Å²) in [6.45, 7) is 3.92. The zero-order valence-electron chi connectivity index (χ0n) is 10.6. The van der Waals surface area contributed by atoms with E-state index in [9.17, 15) is 0 Å². The zero-order valence-corrected chi connectivity index (χ0v) is 10.6. The lowest BCUT2D eigenvalue weighted by Gasteiger charge is -2.45. The van der Waals surface area contributed by atoms with Gasteiger partial charge in [-0.05, 0) is 31.1 Å². The van der Waals surface area contributed by atoms with Crippen molar-refractivity contribution in [1.29, 1.82) is 0 Å². The molecule has 2 fully saturated rings. The van der Waals surface area contributed by atoms with Crippen molar-refractivity contribution in [3.63, 3.8) is 0 Å². The molecule has 0 amide bonds. The normalized spacial score (nSPS) is 23.2. The molecule has 2 N–H and O–H groups in total. The molecule has 2 aliphatic rings. The van der Waals surface area contributed by atoms with E-state index in [1.807, 2.05) is 6.20 Å². The SMILES string of the molecule is Nc1cncc(N2CCCC3(CCOCC3)C2)n1. The molecule has 1 aromatic rings. The summed E-state index contributed by atoms with van der Waals surface area (Å²) in [5, 5.41) is 0. The van der Waals surface area contributed by atoms with Crippen LogP contribution in [0.2, 0.25) is 0 Å². The van der Waals surface area contributed by atoms with E-state index in [2.05, 4.69) is 14.9 Å². The third kappa shape index (κ3) is 2.27. The standard InChI is InChI=1S/C13H20N4O/c14-11-8-15-9-12(16-11)17-5-1-2-13(10-17)3-6-18-7-4-13/h8-9H,1-7,10H2,(H2,14,16). The van der Waals surface area contributed by atoms with Gasteiger partial charge >= 0.3 is 0 Å². The molecular weight excluding hydrogens is 228 g/mol. The summed E-state index contributed by atoms with van der Waals surface area (Å²) in [4.78, 5) is 10.9. The third-order valence-corrected chi connectivity index (χ3v) is 4.18. The fraction of sp³-hybridized carbons (Fsp3) is 0.692. The van der Waals surface area contributed by atoms with Gasteiger partial charge in [-0.2, -0.15) is 0 Å². The second-order valence-corrected chi connectivity index (χ2v) is 5.44. The van der Waals surface area contributed by atoms with Crippen LogP contribution in [0.3, 0.4) is 0 Å². The van der Waals surface area contributed by atoms with Crippen LogP contribution in [0.25, 0.3) is 0 Å². The first-order valence-corrected chi connectivity index (χ1v) is 6.68. The van der Waals surface area contributed by atoms with Gasteiger partial charge < -0.3 is 15.4 Å². The second kappa shape index (κ2) is 4.72. The van der Waals surface area contributed by atoms with Crippen molar-refractivity contribution in [2.75, 3.05) is 36.9 Å². The first-order chi connectivity index (χ1) is 8.77. The Hall–Kier alpha value is -1.36. The first kappa shape index (κ1) is 11.7. The topological polar surface area (TPSA) is 64.3 Å². The van der Waals surface area contributed by atoms with Gasteiger partial charge in [-0.25, -0.2) is 4.98 Å². The Morgan fingerprint density at radius 1 is 1.22 bits per heavy atom. The van der Waals surface area contributed by atoms with Crippen LogP contribution in [-0.2, 0) is 4.74 Å². The van der Waals surface area contributed by atoms with Crippen molar-refractivity contribution in [3.8, 4) is 0 Å². The second-order valence-electron chi connectivity index (χ2n) is 5.44. The maximum absolute atomic E-state index is 5.71. The molecule has 1 spiro atoms. The predicted molar refractivity (Wildman–Crippen MR) is 70.4 cm³/mol. The average molecular weight is 248 g/mol. The molecule has 0 bridgehead atoms. The molecule has 0 unspecified atom stereocenters. The van der Waals surface area contributed by atoms with Gasteiger partial charge in [0.2, 0.25) is 0 Å². The molecule has 18 heavy (non-hydrogen) atoms. The minimum Gasteiger partial charge on any atom is -0.382 e. The molecule has 0 aromatic carbocycles. The fourth-order valence-corrected chi connectivity index (χ4v) is 3.14. The maximum Gasteiger partial charge on any atom is 0.149 e. The molecule has 5 heteroatoms. The van der Waals surface area contributed by atoms with Crippen molar-refractivity contribution in [1.82, 2.24) is 9.97 Å². The molecular formula is C13H20N4O. The third-order valence-electron chi connectivity index (χ3n) is 4.18.